The van der Waals surface area contributed by atoms with Gasteiger partial charge in [-0.3, -0.25) is 4.57 Å². The molecule has 0 saturated carbocycles. The number of anilines is 3. The maximum atomic E-state index is 10.5. The number of rotatable bonds is 7. The Morgan fingerprint density at radius 3 is 2.36 bits per heavy atom. The highest BCUT2D eigenvalue weighted by molar-refractivity contribution is 5.84. The summed E-state index contributed by atoms with van der Waals surface area (Å²) in [5, 5.41) is 36.6. The van der Waals surface area contributed by atoms with E-state index in [0.29, 0.717) is 29.5 Å². The smallest absolute Gasteiger partial charge is 0.231 e. The van der Waals surface area contributed by atoms with E-state index >= 15 is 0 Å². The molecule has 10 heteroatoms. The summed E-state index contributed by atoms with van der Waals surface area (Å²) in [6.45, 7) is 0.111. The van der Waals surface area contributed by atoms with Crippen LogP contribution in [-0.2, 0) is 11.3 Å². The van der Waals surface area contributed by atoms with Crippen LogP contribution in [0, 0.1) is 0 Å². The number of fused-ring (bicyclic) bond motifs is 1. The highest BCUT2D eigenvalue weighted by Crippen LogP contribution is 2.33. The summed E-state index contributed by atoms with van der Waals surface area (Å²) < 4.78 is 7.23. The molecule has 0 bridgehead atoms. The van der Waals surface area contributed by atoms with Crippen LogP contribution >= 0.6 is 0 Å². The summed E-state index contributed by atoms with van der Waals surface area (Å²) in [6.07, 6.45) is -2.84. The third kappa shape index (κ3) is 4.24. The molecule has 1 unspecified atom stereocenters. The summed E-state index contributed by atoms with van der Waals surface area (Å²) in [5.41, 5.74) is 2.78. The predicted octanol–water partition coefficient (Wildman–Crippen LogP) is 1.79. The molecule has 4 aromatic rings. The number of nitrogens with zero attached hydrogens (tertiary/aromatic N) is 4. The number of ether oxygens (including phenoxy) is 1. The molecule has 3 heterocycles. The molecule has 0 aliphatic carbocycles. The lowest BCUT2D eigenvalue weighted by molar-refractivity contribution is -0.0511. The Bertz CT molecular complexity index is 1220. The van der Waals surface area contributed by atoms with Gasteiger partial charge in [-0.25, -0.2) is 4.98 Å². The highest BCUT2D eigenvalue weighted by Gasteiger charge is 2.44. The first kappa shape index (κ1) is 21.3. The minimum atomic E-state index is -1.25. The molecule has 170 valence electrons. The van der Waals surface area contributed by atoms with E-state index in [1.807, 2.05) is 60.7 Å². The van der Waals surface area contributed by atoms with Crippen LogP contribution in [0.3, 0.4) is 0 Å². The molecule has 0 spiro atoms. The molecular weight excluding hydrogens is 424 g/mol. The van der Waals surface area contributed by atoms with E-state index in [-0.39, 0.29) is 0 Å². The molecule has 1 aliphatic heterocycles. The first-order valence-electron chi connectivity index (χ1n) is 10.6. The van der Waals surface area contributed by atoms with Crippen molar-refractivity contribution in [3.63, 3.8) is 0 Å². The quantitative estimate of drug-likeness (QED) is 0.286. The first-order valence-corrected chi connectivity index (χ1v) is 10.6. The number of para-hydroxylation sites is 1. The largest absolute Gasteiger partial charge is 0.394 e. The second kappa shape index (κ2) is 9.12. The summed E-state index contributed by atoms with van der Waals surface area (Å²) in [7, 11) is 0. The van der Waals surface area contributed by atoms with E-state index in [1.54, 1.807) is 4.57 Å². The Balaban J connectivity index is 1.53. The molecule has 33 heavy (non-hydrogen) atoms. The second-order valence-corrected chi connectivity index (χ2v) is 7.78. The van der Waals surface area contributed by atoms with E-state index in [0.717, 1.165) is 11.3 Å². The van der Waals surface area contributed by atoms with Gasteiger partial charge in [-0.05, 0) is 17.7 Å². The van der Waals surface area contributed by atoms with Gasteiger partial charge in [0.2, 0.25) is 5.95 Å². The van der Waals surface area contributed by atoms with Crippen molar-refractivity contribution >= 4 is 28.6 Å². The van der Waals surface area contributed by atoms with Crippen molar-refractivity contribution in [1.29, 1.82) is 0 Å². The molecule has 2 aromatic carbocycles. The van der Waals surface area contributed by atoms with E-state index in [9.17, 15) is 15.3 Å². The van der Waals surface area contributed by atoms with Gasteiger partial charge in [-0.15, -0.1) is 0 Å². The maximum absolute atomic E-state index is 10.5. The van der Waals surface area contributed by atoms with Gasteiger partial charge < -0.3 is 30.7 Å². The molecule has 0 amide bonds. The van der Waals surface area contributed by atoms with E-state index in [1.165, 1.54) is 6.33 Å². The topological polar surface area (TPSA) is 138 Å². The SMILES string of the molecule is OC[C@H]1OC(n2cnc3c(NCc4ccccc4)nc(Nc4ccccc4)nc32)[C@H](O)[C@@H]1O. The third-order valence-electron chi connectivity index (χ3n) is 5.55. The van der Waals surface area contributed by atoms with Gasteiger partial charge in [0.25, 0.3) is 0 Å². The molecule has 1 aliphatic rings. The molecule has 5 N–H and O–H groups in total. The third-order valence-corrected chi connectivity index (χ3v) is 5.55. The summed E-state index contributed by atoms with van der Waals surface area (Å²) >= 11 is 0. The maximum Gasteiger partial charge on any atom is 0.231 e. The fourth-order valence-corrected chi connectivity index (χ4v) is 3.82. The number of hydrogen-bond acceptors (Lipinski definition) is 9. The highest BCUT2D eigenvalue weighted by atomic mass is 16.6. The lowest BCUT2D eigenvalue weighted by Gasteiger charge is -2.17. The Labute approximate surface area is 189 Å². The minimum Gasteiger partial charge on any atom is -0.394 e. The number of hydrogen-bond donors (Lipinski definition) is 5. The molecule has 0 radical (unpaired) electrons. The van der Waals surface area contributed by atoms with Crippen molar-refractivity contribution < 1.29 is 20.1 Å². The first-order chi connectivity index (χ1) is 16.1. The number of benzene rings is 2. The van der Waals surface area contributed by atoms with Gasteiger partial charge in [0.1, 0.15) is 18.3 Å². The Morgan fingerprint density at radius 2 is 1.67 bits per heavy atom. The van der Waals surface area contributed by atoms with Crippen LogP contribution < -0.4 is 10.6 Å². The zero-order valence-electron chi connectivity index (χ0n) is 17.6. The standard InChI is InChI=1S/C23H24N6O4/c30-12-16-18(31)19(32)22(33-16)29-13-25-17-20(24-11-14-7-3-1-4-8-14)27-23(28-21(17)29)26-15-9-5-2-6-10-15/h1-10,13,16,18-19,22,30-32H,11-12H2,(H2,24,26,27,28)/t16-,18-,19-,22?/m1/s1. The fraction of sp³-hybridized carbons (Fsp3) is 0.261. The van der Waals surface area contributed by atoms with Crippen molar-refractivity contribution in [3.8, 4) is 0 Å². The lowest BCUT2D eigenvalue weighted by atomic mass is 10.1. The second-order valence-electron chi connectivity index (χ2n) is 7.78. The Kier molecular flexibility index (Phi) is 5.88. The van der Waals surface area contributed by atoms with E-state index in [2.05, 4.69) is 25.6 Å². The zero-order valence-corrected chi connectivity index (χ0v) is 17.6. The molecule has 1 saturated heterocycles. The van der Waals surface area contributed by atoms with Crippen LogP contribution in [0.4, 0.5) is 17.5 Å². The van der Waals surface area contributed by atoms with E-state index in [4.69, 9.17) is 4.74 Å². The zero-order chi connectivity index (χ0) is 22.8. The van der Waals surface area contributed by atoms with E-state index < -0.39 is 31.1 Å². The average Bonchev–Trinajstić information content (AvgIpc) is 3.39. The molecular formula is C23H24N6O4. The van der Waals surface area contributed by atoms with Crippen molar-refractivity contribution in [2.24, 2.45) is 0 Å². The molecule has 10 nitrogen and oxygen atoms in total. The predicted molar refractivity (Wildman–Crippen MR) is 122 cm³/mol. The normalized spacial score (nSPS) is 22.5. The van der Waals surface area contributed by atoms with Crippen molar-refractivity contribution in [2.75, 3.05) is 17.2 Å². The van der Waals surface area contributed by atoms with Gasteiger partial charge in [0.15, 0.2) is 23.2 Å². The Hall–Kier alpha value is -3.57. The molecule has 2 aromatic heterocycles. The number of aliphatic hydroxyl groups is 3. The van der Waals surface area contributed by atoms with Crippen LogP contribution in [0.25, 0.3) is 11.2 Å². The average molecular weight is 448 g/mol. The fourth-order valence-electron chi connectivity index (χ4n) is 3.82. The summed E-state index contributed by atoms with van der Waals surface area (Å²) in [6, 6.07) is 19.4. The lowest BCUT2D eigenvalue weighted by Crippen LogP contribution is -2.33. The Morgan fingerprint density at radius 1 is 0.939 bits per heavy atom. The van der Waals surface area contributed by atoms with Gasteiger partial charge in [-0.1, -0.05) is 48.5 Å². The van der Waals surface area contributed by atoms with Crippen LogP contribution in [0.2, 0.25) is 0 Å². The summed E-state index contributed by atoms with van der Waals surface area (Å²) in [5.74, 6) is 0.838. The van der Waals surface area contributed by atoms with Crippen LogP contribution in [0.15, 0.2) is 67.0 Å². The van der Waals surface area contributed by atoms with Crippen LogP contribution in [0.1, 0.15) is 11.8 Å². The number of aromatic nitrogens is 4. The minimum absolute atomic E-state index is 0.331. The van der Waals surface area contributed by atoms with Gasteiger partial charge in [0, 0.05) is 12.2 Å². The molecule has 1 fully saturated rings. The van der Waals surface area contributed by atoms with Crippen LogP contribution in [-0.4, -0.2) is 59.8 Å². The number of imidazole rings is 1. The van der Waals surface area contributed by atoms with Gasteiger partial charge >= 0.3 is 0 Å². The van der Waals surface area contributed by atoms with Gasteiger partial charge in [0.05, 0.1) is 12.9 Å². The van der Waals surface area contributed by atoms with Crippen molar-refractivity contribution in [1.82, 2.24) is 19.5 Å². The monoisotopic (exact) mass is 448 g/mol. The number of nitrogens with one attached hydrogen (secondary N) is 2. The summed E-state index contributed by atoms with van der Waals surface area (Å²) in [4.78, 5) is 13.7. The molecule has 4 atom stereocenters. The van der Waals surface area contributed by atoms with Gasteiger partial charge in [-0.2, -0.15) is 9.97 Å². The van der Waals surface area contributed by atoms with Crippen molar-refractivity contribution in [2.45, 2.75) is 31.1 Å². The van der Waals surface area contributed by atoms with Crippen molar-refractivity contribution in [3.05, 3.63) is 72.6 Å². The molecule has 5 rings (SSSR count). The van der Waals surface area contributed by atoms with Crippen LogP contribution in [0.5, 0.6) is 0 Å². The number of aliphatic hydroxyl groups excluding tert-OH is 3.